The van der Waals surface area contributed by atoms with E-state index in [0.717, 1.165) is 12.8 Å². The quantitative estimate of drug-likeness (QED) is 0.588. The first-order valence-corrected chi connectivity index (χ1v) is 5.27. The van der Waals surface area contributed by atoms with Crippen molar-refractivity contribution in [3.05, 3.63) is 0 Å². The van der Waals surface area contributed by atoms with Gasteiger partial charge in [-0.3, -0.25) is 0 Å². The lowest BCUT2D eigenvalue weighted by atomic mass is 9.94. The number of hydrogen-bond acceptors (Lipinski definition) is 3. The van der Waals surface area contributed by atoms with E-state index >= 15 is 0 Å². The summed E-state index contributed by atoms with van der Waals surface area (Å²) < 4.78 is 11.5. The van der Waals surface area contributed by atoms with Gasteiger partial charge in [0.1, 0.15) is 5.44 Å². The SMILES string of the molecule is C[C@@H]1OC2(CCCCC2)O[C@@H]1S. The van der Waals surface area contributed by atoms with E-state index in [1.54, 1.807) is 0 Å². The molecule has 2 nitrogen and oxygen atoms in total. The van der Waals surface area contributed by atoms with E-state index in [-0.39, 0.29) is 17.3 Å². The summed E-state index contributed by atoms with van der Waals surface area (Å²) in [5, 5.41) is 0. The summed E-state index contributed by atoms with van der Waals surface area (Å²) in [4.78, 5) is 0. The summed E-state index contributed by atoms with van der Waals surface area (Å²) in [7, 11) is 0. The number of thiol groups is 1. The third kappa shape index (κ3) is 1.50. The Hall–Kier alpha value is 0.270. The predicted octanol–water partition coefficient (Wildman–Crippen LogP) is 2.34. The zero-order valence-electron chi connectivity index (χ0n) is 7.45. The van der Waals surface area contributed by atoms with Crippen LogP contribution in [0.1, 0.15) is 39.0 Å². The van der Waals surface area contributed by atoms with Gasteiger partial charge < -0.3 is 9.47 Å². The van der Waals surface area contributed by atoms with Gasteiger partial charge in [0.15, 0.2) is 5.79 Å². The van der Waals surface area contributed by atoms with Gasteiger partial charge in [0.05, 0.1) is 6.10 Å². The van der Waals surface area contributed by atoms with Gasteiger partial charge in [-0.05, 0) is 19.8 Å². The van der Waals surface area contributed by atoms with Gasteiger partial charge in [-0.2, -0.15) is 0 Å². The molecular formula is C9H16O2S. The molecule has 2 fully saturated rings. The lowest BCUT2D eigenvalue weighted by molar-refractivity contribution is -0.187. The van der Waals surface area contributed by atoms with E-state index in [1.807, 2.05) is 6.92 Å². The Morgan fingerprint density at radius 2 is 1.83 bits per heavy atom. The maximum Gasteiger partial charge on any atom is 0.170 e. The fraction of sp³-hybridized carbons (Fsp3) is 1.00. The summed E-state index contributed by atoms with van der Waals surface area (Å²) in [6.45, 7) is 2.03. The molecule has 1 aliphatic carbocycles. The third-order valence-corrected chi connectivity index (χ3v) is 3.28. The third-order valence-electron chi connectivity index (χ3n) is 2.75. The van der Waals surface area contributed by atoms with Gasteiger partial charge in [-0.25, -0.2) is 0 Å². The molecule has 12 heavy (non-hydrogen) atoms. The molecular weight excluding hydrogens is 172 g/mol. The Labute approximate surface area is 79.0 Å². The fourth-order valence-corrected chi connectivity index (χ4v) is 2.32. The van der Waals surface area contributed by atoms with Gasteiger partial charge in [-0.1, -0.05) is 6.42 Å². The van der Waals surface area contributed by atoms with Crippen LogP contribution in [0.3, 0.4) is 0 Å². The minimum atomic E-state index is -0.260. The normalized spacial score (nSPS) is 40.5. The molecule has 0 unspecified atom stereocenters. The van der Waals surface area contributed by atoms with Crippen LogP contribution in [0.2, 0.25) is 0 Å². The zero-order valence-corrected chi connectivity index (χ0v) is 8.35. The Kier molecular flexibility index (Phi) is 2.36. The molecule has 3 heteroatoms. The second-order valence-corrected chi connectivity index (χ2v) is 4.31. The van der Waals surface area contributed by atoms with Crippen molar-refractivity contribution in [3.63, 3.8) is 0 Å². The molecule has 0 radical (unpaired) electrons. The van der Waals surface area contributed by atoms with Crippen LogP contribution in [0.5, 0.6) is 0 Å². The van der Waals surface area contributed by atoms with E-state index in [2.05, 4.69) is 12.6 Å². The number of hydrogen-bond donors (Lipinski definition) is 1. The second kappa shape index (κ2) is 3.20. The van der Waals surface area contributed by atoms with E-state index in [9.17, 15) is 0 Å². The average molecular weight is 188 g/mol. The molecule has 0 N–H and O–H groups in total. The highest BCUT2D eigenvalue weighted by Crippen LogP contribution is 2.41. The highest BCUT2D eigenvalue weighted by Gasteiger charge is 2.44. The molecule has 1 spiro atoms. The summed E-state index contributed by atoms with van der Waals surface area (Å²) in [6, 6.07) is 0. The van der Waals surface area contributed by atoms with E-state index in [0.29, 0.717) is 0 Å². The Bertz CT molecular complexity index is 154. The molecule has 0 aromatic rings. The van der Waals surface area contributed by atoms with Crippen molar-refractivity contribution in [1.82, 2.24) is 0 Å². The van der Waals surface area contributed by atoms with Crippen LogP contribution in [0.25, 0.3) is 0 Å². The molecule has 0 bridgehead atoms. The van der Waals surface area contributed by atoms with Crippen molar-refractivity contribution in [2.75, 3.05) is 0 Å². The molecule has 2 rings (SSSR count). The molecule has 2 atom stereocenters. The Morgan fingerprint density at radius 1 is 1.17 bits per heavy atom. The monoisotopic (exact) mass is 188 g/mol. The highest BCUT2D eigenvalue weighted by molar-refractivity contribution is 7.80. The first kappa shape index (κ1) is 8.85. The van der Waals surface area contributed by atoms with Crippen molar-refractivity contribution in [2.45, 2.75) is 56.4 Å². The molecule has 1 aliphatic heterocycles. The Morgan fingerprint density at radius 3 is 2.33 bits per heavy atom. The summed E-state index contributed by atoms with van der Waals surface area (Å²) in [5.41, 5.74) is -0.0249. The van der Waals surface area contributed by atoms with Crippen LogP contribution < -0.4 is 0 Å². The van der Waals surface area contributed by atoms with Crippen molar-refractivity contribution in [3.8, 4) is 0 Å². The van der Waals surface area contributed by atoms with Crippen molar-refractivity contribution >= 4 is 12.6 Å². The first-order chi connectivity index (χ1) is 5.72. The molecule has 1 heterocycles. The predicted molar refractivity (Wildman–Crippen MR) is 50.2 cm³/mol. The van der Waals surface area contributed by atoms with Crippen LogP contribution in [0.15, 0.2) is 0 Å². The van der Waals surface area contributed by atoms with Crippen molar-refractivity contribution in [2.24, 2.45) is 0 Å². The molecule has 1 saturated carbocycles. The van der Waals surface area contributed by atoms with E-state index < -0.39 is 0 Å². The molecule has 70 valence electrons. The van der Waals surface area contributed by atoms with Gasteiger partial charge in [0.25, 0.3) is 0 Å². The second-order valence-electron chi connectivity index (χ2n) is 3.80. The molecule has 2 aliphatic rings. The van der Waals surface area contributed by atoms with Crippen LogP contribution >= 0.6 is 12.6 Å². The smallest absolute Gasteiger partial charge is 0.170 e. The topological polar surface area (TPSA) is 18.5 Å². The van der Waals surface area contributed by atoms with Crippen molar-refractivity contribution in [1.29, 1.82) is 0 Å². The minimum Gasteiger partial charge on any atom is -0.343 e. The van der Waals surface area contributed by atoms with Gasteiger partial charge in [0, 0.05) is 12.8 Å². The molecule has 0 amide bonds. The van der Waals surface area contributed by atoms with Crippen LogP contribution in [-0.2, 0) is 9.47 Å². The lowest BCUT2D eigenvalue weighted by Gasteiger charge is -2.31. The van der Waals surface area contributed by atoms with Crippen LogP contribution in [-0.4, -0.2) is 17.3 Å². The van der Waals surface area contributed by atoms with Gasteiger partial charge >= 0.3 is 0 Å². The van der Waals surface area contributed by atoms with Crippen molar-refractivity contribution < 1.29 is 9.47 Å². The van der Waals surface area contributed by atoms with E-state index in [4.69, 9.17) is 9.47 Å². The minimum absolute atomic E-state index is 0.0249. The maximum absolute atomic E-state index is 5.80. The maximum atomic E-state index is 5.80. The summed E-state index contributed by atoms with van der Waals surface area (Å²) >= 11 is 4.32. The molecule has 0 aromatic carbocycles. The highest BCUT2D eigenvalue weighted by atomic mass is 32.1. The van der Waals surface area contributed by atoms with Crippen LogP contribution in [0, 0.1) is 0 Å². The Balaban J connectivity index is 2.02. The lowest BCUT2D eigenvalue weighted by Crippen LogP contribution is -2.33. The summed E-state index contributed by atoms with van der Waals surface area (Å²) in [5.74, 6) is -0.260. The zero-order chi connectivity index (χ0) is 8.60. The first-order valence-electron chi connectivity index (χ1n) is 4.76. The summed E-state index contributed by atoms with van der Waals surface area (Å²) in [6.07, 6.45) is 6.02. The van der Waals surface area contributed by atoms with Gasteiger partial charge in [0.2, 0.25) is 0 Å². The van der Waals surface area contributed by atoms with Crippen LogP contribution in [0.4, 0.5) is 0 Å². The van der Waals surface area contributed by atoms with Gasteiger partial charge in [-0.15, -0.1) is 12.6 Å². The fourth-order valence-electron chi connectivity index (χ4n) is 2.07. The standard InChI is InChI=1S/C9H16O2S/c1-7-8(12)11-9(10-7)5-3-2-4-6-9/h7-8,12H,2-6H2,1H3/t7-,8+/m0/s1. The average Bonchev–Trinajstić information content (AvgIpc) is 2.29. The van der Waals surface area contributed by atoms with E-state index in [1.165, 1.54) is 19.3 Å². The number of ether oxygens (including phenoxy) is 2. The molecule has 1 saturated heterocycles. The largest absolute Gasteiger partial charge is 0.343 e. The molecule has 0 aromatic heterocycles. The number of rotatable bonds is 0.